The number of halogens is 3. The molecule has 0 heterocycles. The Balaban J connectivity index is 2.27. The van der Waals surface area contributed by atoms with Crippen LogP contribution in [0.15, 0.2) is 18.2 Å². The van der Waals surface area contributed by atoms with Crippen LogP contribution in [0.5, 0.6) is 5.75 Å². The molecule has 2 atom stereocenters. The molecule has 0 fully saturated rings. The molecule has 0 spiro atoms. The quantitative estimate of drug-likeness (QED) is 0.882. The lowest BCUT2D eigenvalue weighted by atomic mass is 9.69. The summed E-state index contributed by atoms with van der Waals surface area (Å²) in [6.45, 7) is 3.83. The molecule has 0 bridgehead atoms. The first-order chi connectivity index (χ1) is 9.11. The third-order valence-corrected chi connectivity index (χ3v) is 5.29. The summed E-state index contributed by atoms with van der Waals surface area (Å²) >= 11 is 0.870. The van der Waals surface area contributed by atoms with Gasteiger partial charge >= 0.3 is 6.18 Å². The van der Waals surface area contributed by atoms with Gasteiger partial charge in [0.1, 0.15) is 5.75 Å². The van der Waals surface area contributed by atoms with Gasteiger partial charge in [0.15, 0.2) is 0 Å². The Hall–Kier alpha value is -0.880. The molecule has 0 amide bonds. The van der Waals surface area contributed by atoms with Crippen LogP contribution in [0.4, 0.5) is 13.2 Å². The minimum Gasteiger partial charge on any atom is -0.508 e. The molecule has 0 radical (unpaired) electrons. The highest BCUT2D eigenvalue weighted by Crippen LogP contribution is 2.42. The molecule has 2 nitrogen and oxygen atoms in total. The van der Waals surface area contributed by atoms with Crippen LogP contribution in [0.2, 0.25) is 0 Å². The van der Waals surface area contributed by atoms with Crippen LogP contribution in [0, 0.1) is 0 Å². The molecule has 0 saturated heterocycles. The van der Waals surface area contributed by atoms with E-state index in [-0.39, 0.29) is 17.0 Å². The zero-order chi connectivity index (χ0) is 15.1. The van der Waals surface area contributed by atoms with Crippen LogP contribution >= 0.6 is 11.8 Å². The molecule has 0 unspecified atom stereocenters. The monoisotopic (exact) mass is 305 g/mol. The maximum absolute atomic E-state index is 12.4. The first kappa shape index (κ1) is 15.5. The third-order valence-electron chi connectivity index (χ3n) is 3.90. The van der Waals surface area contributed by atoms with Crippen molar-refractivity contribution in [1.82, 2.24) is 0 Å². The molecule has 2 rings (SSSR count). The van der Waals surface area contributed by atoms with Gasteiger partial charge in [0.05, 0.1) is 5.75 Å². The van der Waals surface area contributed by atoms with Crippen LogP contribution in [0.25, 0.3) is 0 Å². The Morgan fingerprint density at radius 1 is 1.40 bits per heavy atom. The van der Waals surface area contributed by atoms with E-state index in [1.807, 2.05) is 13.8 Å². The van der Waals surface area contributed by atoms with Crippen LogP contribution in [0.3, 0.4) is 0 Å². The maximum atomic E-state index is 12.4. The lowest BCUT2D eigenvalue weighted by Crippen LogP contribution is -2.52. The van der Waals surface area contributed by atoms with Crippen molar-refractivity contribution in [2.75, 3.05) is 5.75 Å². The van der Waals surface area contributed by atoms with E-state index < -0.39 is 17.3 Å². The molecule has 0 aliphatic heterocycles. The van der Waals surface area contributed by atoms with E-state index in [1.165, 1.54) is 0 Å². The highest BCUT2D eigenvalue weighted by Gasteiger charge is 2.42. The summed E-state index contributed by atoms with van der Waals surface area (Å²) < 4.78 is 37.2. The molecule has 6 heteroatoms. The van der Waals surface area contributed by atoms with Crippen LogP contribution in [-0.2, 0) is 11.8 Å². The van der Waals surface area contributed by atoms with Crippen molar-refractivity contribution < 1.29 is 18.3 Å². The van der Waals surface area contributed by atoms with Gasteiger partial charge in [-0.15, -0.1) is 11.8 Å². The molecular weight excluding hydrogens is 287 g/mol. The summed E-state index contributed by atoms with van der Waals surface area (Å²) in [5.41, 5.74) is 7.61. The van der Waals surface area contributed by atoms with Crippen LogP contribution < -0.4 is 5.73 Å². The first-order valence-electron chi connectivity index (χ1n) is 6.37. The van der Waals surface area contributed by atoms with Gasteiger partial charge in [-0.1, -0.05) is 19.9 Å². The fraction of sp³-hybridized carbons (Fsp3) is 0.571. The molecule has 3 N–H and O–H groups in total. The van der Waals surface area contributed by atoms with E-state index in [9.17, 15) is 18.3 Å². The number of thioether (sulfide) groups is 1. The second-order valence-corrected chi connectivity index (χ2v) is 6.99. The number of nitrogens with two attached hydrogens (primary N) is 1. The van der Waals surface area contributed by atoms with E-state index >= 15 is 0 Å². The summed E-state index contributed by atoms with van der Waals surface area (Å²) in [4.78, 5) is 0. The molecule has 1 aromatic carbocycles. The van der Waals surface area contributed by atoms with Crippen LogP contribution in [0.1, 0.15) is 25.0 Å². The van der Waals surface area contributed by atoms with Crippen molar-refractivity contribution in [2.45, 2.75) is 43.2 Å². The standard InChI is InChI=1S/C14H18F3NOS/c1-13(2)10-6-9(19)4-3-8(10)5-11(12(13)18)20-7-14(15,16)17/h3-4,6,11-12,19H,5,7,18H2,1-2H3/t11-,12+/m0/s1. The number of phenols is 1. The molecule has 0 aromatic heterocycles. The van der Waals surface area contributed by atoms with Gasteiger partial charge in [-0.3, -0.25) is 0 Å². The molecular formula is C14H18F3NOS. The highest BCUT2D eigenvalue weighted by atomic mass is 32.2. The van der Waals surface area contributed by atoms with Gasteiger partial charge in [-0.25, -0.2) is 0 Å². The Morgan fingerprint density at radius 3 is 2.65 bits per heavy atom. The molecule has 1 aromatic rings. The molecule has 112 valence electrons. The number of hydrogen-bond donors (Lipinski definition) is 2. The Morgan fingerprint density at radius 2 is 2.05 bits per heavy atom. The minimum atomic E-state index is -4.18. The number of benzene rings is 1. The van der Waals surface area contributed by atoms with Gasteiger partial charge in [0.2, 0.25) is 0 Å². The average molecular weight is 305 g/mol. The molecule has 0 saturated carbocycles. The van der Waals surface area contributed by atoms with E-state index in [2.05, 4.69) is 0 Å². The number of rotatable bonds is 2. The van der Waals surface area contributed by atoms with E-state index in [4.69, 9.17) is 5.73 Å². The molecule has 1 aliphatic rings. The van der Waals surface area contributed by atoms with Gasteiger partial charge in [0, 0.05) is 16.7 Å². The molecule has 1 aliphatic carbocycles. The topological polar surface area (TPSA) is 46.2 Å². The third kappa shape index (κ3) is 3.06. The van der Waals surface area contributed by atoms with E-state index in [1.54, 1.807) is 18.2 Å². The smallest absolute Gasteiger partial charge is 0.397 e. The van der Waals surface area contributed by atoms with Crippen LogP contribution in [-0.4, -0.2) is 28.3 Å². The first-order valence-corrected chi connectivity index (χ1v) is 7.42. The van der Waals surface area contributed by atoms with Crippen molar-refractivity contribution in [2.24, 2.45) is 5.73 Å². The SMILES string of the molecule is CC1(C)c2cc(O)ccc2C[C@H](SCC(F)(F)F)[C@H]1N. The predicted molar refractivity (Wildman–Crippen MR) is 75.1 cm³/mol. The normalized spacial score (nSPS) is 25.3. The second kappa shape index (κ2) is 5.15. The lowest BCUT2D eigenvalue weighted by molar-refractivity contribution is -0.105. The minimum absolute atomic E-state index is 0.158. The summed E-state index contributed by atoms with van der Waals surface area (Å²) in [5, 5.41) is 9.31. The van der Waals surface area contributed by atoms with Crippen molar-refractivity contribution in [3.05, 3.63) is 29.3 Å². The number of alkyl halides is 3. The summed E-state index contributed by atoms with van der Waals surface area (Å²) in [5.74, 6) is -0.722. The largest absolute Gasteiger partial charge is 0.508 e. The van der Waals surface area contributed by atoms with E-state index in [0.29, 0.717) is 6.42 Å². The number of aromatic hydroxyl groups is 1. The van der Waals surface area contributed by atoms with Gasteiger partial charge in [0.25, 0.3) is 0 Å². The summed E-state index contributed by atoms with van der Waals surface area (Å²) in [7, 11) is 0. The number of fused-ring (bicyclic) bond motifs is 1. The predicted octanol–water partition coefficient (Wildman–Crippen LogP) is 3.22. The second-order valence-electron chi connectivity index (χ2n) is 5.76. The van der Waals surface area contributed by atoms with Crippen molar-refractivity contribution in [3.8, 4) is 5.75 Å². The number of hydrogen-bond acceptors (Lipinski definition) is 3. The summed E-state index contributed by atoms with van der Waals surface area (Å²) in [6, 6.07) is 4.63. The van der Waals surface area contributed by atoms with Crippen molar-refractivity contribution >= 4 is 11.8 Å². The Kier molecular flexibility index (Phi) is 3.99. The zero-order valence-corrected chi connectivity index (χ0v) is 12.2. The van der Waals surface area contributed by atoms with Gasteiger partial charge < -0.3 is 10.8 Å². The Bertz CT molecular complexity index is 502. The zero-order valence-electron chi connectivity index (χ0n) is 11.4. The fourth-order valence-electron chi connectivity index (χ4n) is 2.69. The average Bonchev–Trinajstić information content (AvgIpc) is 2.32. The van der Waals surface area contributed by atoms with Gasteiger partial charge in [-0.05, 0) is 29.7 Å². The highest BCUT2D eigenvalue weighted by molar-refractivity contribution is 8.00. The fourth-order valence-corrected chi connectivity index (χ4v) is 3.94. The lowest BCUT2D eigenvalue weighted by Gasteiger charge is -2.43. The van der Waals surface area contributed by atoms with Gasteiger partial charge in [-0.2, -0.15) is 13.2 Å². The van der Waals surface area contributed by atoms with E-state index in [0.717, 1.165) is 22.9 Å². The van der Waals surface area contributed by atoms with Crippen molar-refractivity contribution in [3.63, 3.8) is 0 Å². The maximum Gasteiger partial charge on any atom is 0.397 e. The van der Waals surface area contributed by atoms with Crippen molar-refractivity contribution in [1.29, 1.82) is 0 Å². The molecule has 20 heavy (non-hydrogen) atoms. The number of phenolic OH excluding ortho intramolecular Hbond substituents is 1. The summed E-state index contributed by atoms with van der Waals surface area (Å²) in [6.07, 6.45) is -3.68. The Labute approximate surface area is 120 Å².